The van der Waals surface area contributed by atoms with Gasteiger partial charge in [-0.15, -0.1) is 0 Å². The number of fused-ring (bicyclic) bond motifs is 1. The molecule has 0 aromatic rings. The zero-order valence-electron chi connectivity index (χ0n) is 11.1. The molecule has 3 heteroatoms. The maximum Gasteiger partial charge on any atom is 0.219 e. The van der Waals surface area contributed by atoms with Crippen molar-refractivity contribution in [3.05, 3.63) is 0 Å². The van der Waals surface area contributed by atoms with Crippen LogP contribution in [0.15, 0.2) is 0 Å². The predicted octanol–water partition coefficient (Wildman–Crippen LogP) is 1.74. The number of carbonyl (C=O) groups is 1. The van der Waals surface area contributed by atoms with Crippen LogP contribution < -0.4 is 5.32 Å². The van der Waals surface area contributed by atoms with E-state index >= 15 is 0 Å². The maximum atomic E-state index is 11.1. The first kappa shape index (κ1) is 13.5. The van der Waals surface area contributed by atoms with Gasteiger partial charge in [0, 0.05) is 20.0 Å². The number of hydrogen-bond donors (Lipinski definition) is 1. The highest BCUT2D eigenvalue weighted by Crippen LogP contribution is 2.26. The van der Waals surface area contributed by atoms with Gasteiger partial charge < -0.3 is 10.2 Å². The van der Waals surface area contributed by atoms with Gasteiger partial charge in [-0.2, -0.15) is 0 Å². The van der Waals surface area contributed by atoms with Crippen LogP contribution >= 0.6 is 0 Å². The summed E-state index contributed by atoms with van der Waals surface area (Å²) < 4.78 is 0. The van der Waals surface area contributed by atoms with E-state index in [-0.39, 0.29) is 5.91 Å². The molecule has 1 N–H and O–H groups in total. The molecule has 0 saturated carbocycles. The van der Waals surface area contributed by atoms with E-state index in [9.17, 15) is 4.79 Å². The van der Waals surface area contributed by atoms with Crippen LogP contribution in [0.2, 0.25) is 0 Å². The number of nitrogens with zero attached hydrogens (tertiary/aromatic N) is 1. The number of hydrogen-bond acceptors (Lipinski definition) is 2. The Morgan fingerprint density at radius 2 is 1.81 bits per heavy atom. The summed E-state index contributed by atoms with van der Waals surface area (Å²) in [5, 5.41) is 3.39. The Bertz CT molecular complexity index is 225. The van der Waals surface area contributed by atoms with E-state index in [4.69, 9.17) is 0 Å². The molecule has 2 fully saturated rings. The lowest BCUT2D eigenvalue weighted by Crippen LogP contribution is -2.42. The molecule has 2 aliphatic rings. The van der Waals surface area contributed by atoms with Crippen molar-refractivity contribution in [1.29, 1.82) is 0 Å². The summed E-state index contributed by atoms with van der Waals surface area (Å²) >= 11 is 0. The van der Waals surface area contributed by atoms with E-state index in [2.05, 4.69) is 26.1 Å². The zero-order valence-corrected chi connectivity index (χ0v) is 11.1. The number of nitrogens with one attached hydrogen (secondary N) is 1. The number of piperidine rings is 1. The molecule has 0 radical (unpaired) electrons. The van der Waals surface area contributed by atoms with E-state index in [1.807, 2.05) is 4.90 Å². The molecule has 0 spiro atoms. The fourth-order valence-corrected chi connectivity index (χ4v) is 2.32. The molecule has 2 rings (SSSR count). The third-order valence-corrected chi connectivity index (χ3v) is 3.15. The molecule has 2 saturated heterocycles. The van der Waals surface area contributed by atoms with Crippen molar-refractivity contribution in [2.24, 2.45) is 17.8 Å². The van der Waals surface area contributed by atoms with E-state index in [0.717, 1.165) is 43.9 Å². The first-order valence-corrected chi connectivity index (χ1v) is 6.47. The van der Waals surface area contributed by atoms with Crippen LogP contribution in [0.5, 0.6) is 0 Å². The summed E-state index contributed by atoms with van der Waals surface area (Å²) in [5.41, 5.74) is 0. The monoisotopic (exact) mass is 226 g/mol. The molecule has 16 heavy (non-hydrogen) atoms. The number of rotatable bonds is 0. The van der Waals surface area contributed by atoms with Crippen molar-refractivity contribution in [2.75, 3.05) is 26.2 Å². The maximum absolute atomic E-state index is 11.1. The first-order chi connectivity index (χ1) is 7.50. The first-order valence-electron chi connectivity index (χ1n) is 6.47. The molecule has 2 atom stereocenters. The van der Waals surface area contributed by atoms with E-state index in [1.54, 1.807) is 6.92 Å². The van der Waals surface area contributed by atoms with Gasteiger partial charge in [0.1, 0.15) is 0 Å². The van der Waals surface area contributed by atoms with Gasteiger partial charge in [-0.1, -0.05) is 20.8 Å². The summed E-state index contributed by atoms with van der Waals surface area (Å²) in [6.07, 6.45) is 1.19. The number of likely N-dealkylation sites (tertiary alicyclic amines) is 1. The fraction of sp³-hybridized carbons (Fsp3) is 0.923. The minimum atomic E-state index is 0.236. The van der Waals surface area contributed by atoms with Gasteiger partial charge in [-0.25, -0.2) is 0 Å². The molecule has 0 aromatic heterocycles. The second-order valence-corrected chi connectivity index (χ2v) is 5.66. The second kappa shape index (κ2) is 6.24. The van der Waals surface area contributed by atoms with Gasteiger partial charge >= 0.3 is 0 Å². The summed E-state index contributed by atoms with van der Waals surface area (Å²) in [5.74, 6) is 2.63. The third-order valence-electron chi connectivity index (χ3n) is 3.15. The molecule has 0 aliphatic carbocycles. The molecule has 94 valence electrons. The number of carbonyl (C=O) groups excluding carboxylic acids is 1. The smallest absolute Gasteiger partial charge is 0.219 e. The van der Waals surface area contributed by atoms with Crippen molar-refractivity contribution in [2.45, 2.75) is 34.1 Å². The van der Waals surface area contributed by atoms with Gasteiger partial charge in [0.2, 0.25) is 5.91 Å². The average Bonchev–Trinajstić information content (AvgIpc) is 2.62. The van der Waals surface area contributed by atoms with Gasteiger partial charge in [-0.05, 0) is 37.3 Å². The Labute approximate surface area is 99.6 Å². The SMILES string of the molecule is CC(=O)N1CCC2CNCC2C1.CC(C)C. The molecule has 2 heterocycles. The molecule has 0 bridgehead atoms. The third kappa shape index (κ3) is 4.12. The highest BCUT2D eigenvalue weighted by atomic mass is 16.2. The Kier molecular flexibility index (Phi) is 5.26. The Balaban J connectivity index is 0.000000280. The lowest BCUT2D eigenvalue weighted by atomic mass is 9.89. The minimum absolute atomic E-state index is 0.236. The minimum Gasteiger partial charge on any atom is -0.343 e. The molecule has 1 amide bonds. The van der Waals surface area contributed by atoms with Crippen LogP contribution in [0.1, 0.15) is 34.1 Å². The van der Waals surface area contributed by atoms with Crippen molar-refractivity contribution in [1.82, 2.24) is 10.2 Å². The number of amides is 1. The van der Waals surface area contributed by atoms with Crippen LogP contribution in [0.4, 0.5) is 0 Å². The van der Waals surface area contributed by atoms with E-state index in [1.165, 1.54) is 6.42 Å². The molecule has 0 aromatic carbocycles. The topological polar surface area (TPSA) is 32.3 Å². The summed E-state index contributed by atoms with van der Waals surface area (Å²) in [6, 6.07) is 0. The van der Waals surface area contributed by atoms with Gasteiger partial charge in [0.25, 0.3) is 0 Å². The summed E-state index contributed by atoms with van der Waals surface area (Å²) in [7, 11) is 0. The average molecular weight is 226 g/mol. The van der Waals surface area contributed by atoms with Crippen molar-refractivity contribution < 1.29 is 4.79 Å². The van der Waals surface area contributed by atoms with Crippen LogP contribution in [-0.4, -0.2) is 37.0 Å². The van der Waals surface area contributed by atoms with Gasteiger partial charge in [0.05, 0.1) is 0 Å². The normalized spacial score (nSPS) is 28.4. The molecule has 3 nitrogen and oxygen atoms in total. The standard InChI is InChI=1S/C9H16N2O.C4H10/c1-7(12)11-3-2-8-4-10-5-9(8)6-11;1-4(2)3/h8-10H,2-6H2,1H3;4H,1-3H3. The quantitative estimate of drug-likeness (QED) is 0.682. The molecule has 2 unspecified atom stereocenters. The van der Waals surface area contributed by atoms with Crippen molar-refractivity contribution in [3.63, 3.8) is 0 Å². The summed E-state index contributed by atoms with van der Waals surface area (Å²) in [4.78, 5) is 13.1. The Morgan fingerprint density at radius 3 is 2.38 bits per heavy atom. The predicted molar refractivity (Wildman–Crippen MR) is 67.2 cm³/mol. The zero-order chi connectivity index (χ0) is 12.1. The fourth-order valence-electron chi connectivity index (χ4n) is 2.32. The Hall–Kier alpha value is -0.570. The Morgan fingerprint density at radius 1 is 1.25 bits per heavy atom. The highest BCUT2D eigenvalue weighted by molar-refractivity contribution is 5.73. The van der Waals surface area contributed by atoms with Crippen molar-refractivity contribution in [3.8, 4) is 0 Å². The second-order valence-electron chi connectivity index (χ2n) is 5.66. The van der Waals surface area contributed by atoms with E-state index < -0.39 is 0 Å². The van der Waals surface area contributed by atoms with Crippen molar-refractivity contribution >= 4 is 5.91 Å². The van der Waals surface area contributed by atoms with E-state index in [0.29, 0.717) is 0 Å². The van der Waals surface area contributed by atoms with Crippen LogP contribution in [0.3, 0.4) is 0 Å². The van der Waals surface area contributed by atoms with Gasteiger partial charge in [-0.3, -0.25) is 4.79 Å². The van der Waals surface area contributed by atoms with Gasteiger partial charge in [0.15, 0.2) is 0 Å². The largest absolute Gasteiger partial charge is 0.343 e. The molecule has 2 aliphatic heterocycles. The van der Waals surface area contributed by atoms with Crippen LogP contribution in [0, 0.1) is 17.8 Å². The lowest BCUT2D eigenvalue weighted by Gasteiger charge is -2.33. The molecular weight excluding hydrogens is 200 g/mol. The highest BCUT2D eigenvalue weighted by Gasteiger charge is 2.33. The molecular formula is C13H26N2O. The van der Waals surface area contributed by atoms with Crippen LogP contribution in [-0.2, 0) is 4.79 Å². The summed E-state index contributed by atoms with van der Waals surface area (Å²) in [6.45, 7) is 12.4. The van der Waals surface area contributed by atoms with Crippen LogP contribution in [0.25, 0.3) is 0 Å². The lowest BCUT2D eigenvalue weighted by molar-refractivity contribution is -0.130.